The van der Waals surface area contributed by atoms with Gasteiger partial charge in [-0.2, -0.15) is 13.2 Å². The second kappa shape index (κ2) is 5.87. The molecule has 0 saturated carbocycles. The lowest BCUT2D eigenvalue weighted by Crippen LogP contribution is -2.07. The molecule has 2 rings (SSSR count). The van der Waals surface area contributed by atoms with Crippen molar-refractivity contribution in [3.8, 4) is 0 Å². The van der Waals surface area contributed by atoms with Gasteiger partial charge in [0.25, 0.3) is 0 Å². The lowest BCUT2D eigenvalue weighted by molar-refractivity contribution is -0.137. The van der Waals surface area contributed by atoms with Gasteiger partial charge in [-0.15, -0.1) is 0 Å². The van der Waals surface area contributed by atoms with E-state index in [1.54, 1.807) is 0 Å². The predicted molar refractivity (Wildman–Crippen MR) is 77.6 cm³/mol. The van der Waals surface area contributed by atoms with Crippen LogP contribution in [-0.2, 0) is 12.7 Å². The first-order valence-electron chi connectivity index (χ1n) is 6.03. The van der Waals surface area contributed by atoms with Gasteiger partial charge >= 0.3 is 6.18 Å². The lowest BCUT2D eigenvalue weighted by Gasteiger charge is -2.13. The smallest absolute Gasteiger partial charge is 0.380 e. The van der Waals surface area contributed by atoms with Crippen molar-refractivity contribution in [1.29, 1.82) is 0 Å². The Balaban J connectivity index is 2.19. The minimum atomic E-state index is -4.33. The Morgan fingerprint density at radius 1 is 1.10 bits per heavy atom. The van der Waals surface area contributed by atoms with Crippen LogP contribution in [0.4, 0.5) is 18.9 Å². The second-order valence-corrected chi connectivity index (χ2v) is 5.33. The maximum absolute atomic E-state index is 12.7. The summed E-state index contributed by atoms with van der Waals surface area (Å²) in [6.45, 7) is 2.45. The molecule has 0 radical (unpaired) electrons. The summed E-state index contributed by atoms with van der Waals surface area (Å²) < 4.78 is 38.7. The van der Waals surface area contributed by atoms with Crippen LogP contribution in [0.3, 0.4) is 0 Å². The monoisotopic (exact) mass is 343 g/mol. The molecule has 2 aromatic rings. The zero-order valence-corrected chi connectivity index (χ0v) is 12.3. The number of halogens is 4. The van der Waals surface area contributed by atoms with Crippen molar-refractivity contribution < 1.29 is 13.2 Å². The summed E-state index contributed by atoms with van der Waals surface area (Å²) in [4.78, 5) is 0. The first-order chi connectivity index (χ1) is 9.38. The molecule has 0 aliphatic rings. The standard InChI is InChI=1S/C15H13BrF3N/c1-10-4-2-3-5-11(10)9-20-14-8-12(15(17,18)19)6-7-13(14)16/h2-8,20H,9H2,1H3. The van der Waals surface area contributed by atoms with Gasteiger partial charge in [0.1, 0.15) is 0 Å². The van der Waals surface area contributed by atoms with Gasteiger partial charge in [-0.05, 0) is 52.2 Å². The Hall–Kier alpha value is -1.49. The molecule has 0 unspecified atom stereocenters. The summed E-state index contributed by atoms with van der Waals surface area (Å²) in [6.07, 6.45) is -4.33. The molecule has 0 amide bonds. The molecule has 106 valence electrons. The van der Waals surface area contributed by atoms with Crippen molar-refractivity contribution >= 4 is 21.6 Å². The van der Waals surface area contributed by atoms with Crippen LogP contribution < -0.4 is 5.32 Å². The highest BCUT2D eigenvalue weighted by Gasteiger charge is 2.30. The molecule has 0 aliphatic heterocycles. The molecule has 0 bridgehead atoms. The topological polar surface area (TPSA) is 12.0 Å². The lowest BCUT2D eigenvalue weighted by atomic mass is 10.1. The van der Waals surface area contributed by atoms with Crippen LogP contribution in [0.5, 0.6) is 0 Å². The number of rotatable bonds is 3. The first-order valence-corrected chi connectivity index (χ1v) is 6.82. The van der Waals surface area contributed by atoms with Gasteiger partial charge in [-0.1, -0.05) is 24.3 Å². The minimum Gasteiger partial charge on any atom is -0.380 e. The molecular weight excluding hydrogens is 331 g/mol. The maximum atomic E-state index is 12.7. The van der Waals surface area contributed by atoms with E-state index in [0.717, 1.165) is 23.3 Å². The largest absolute Gasteiger partial charge is 0.416 e. The van der Waals surface area contributed by atoms with Gasteiger partial charge in [0.15, 0.2) is 0 Å². The normalized spacial score (nSPS) is 11.4. The van der Waals surface area contributed by atoms with E-state index in [2.05, 4.69) is 21.2 Å². The molecule has 20 heavy (non-hydrogen) atoms. The number of benzene rings is 2. The van der Waals surface area contributed by atoms with Gasteiger partial charge in [0, 0.05) is 16.7 Å². The summed E-state index contributed by atoms with van der Waals surface area (Å²) >= 11 is 3.26. The summed E-state index contributed by atoms with van der Waals surface area (Å²) in [6, 6.07) is 11.3. The van der Waals surface area contributed by atoms with Gasteiger partial charge in [-0.25, -0.2) is 0 Å². The molecule has 0 aromatic heterocycles. The van der Waals surface area contributed by atoms with E-state index in [9.17, 15) is 13.2 Å². The molecule has 0 heterocycles. The second-order valence-electron chi connectivity index (χ2n) is 4.47. The van der Waals surface area contributed by atoms with Crippen molar-refractivity contribution in [1.82, 2.24) is 0 Å². The van der Waals surface area contributed by atoms with Gasteiger partial charge in [-0.3, -0.25) is 0 Å². The van der Waals surface area contributed by atoms with Crippen LogP contribution in [0.1, 0.15) is 16.7 Å². The predicted octanol–water partition coefficient (Wildman–Crippen LogP) is 5.39. The number of hydrogen-bond acceptors (Lipinski definition) is 1. The van der Waals surface area contributed by atoms with Crippen molar-refractivity contribution in [3.05, 3.63) is 63.6 Å². The summed E-state index contributed by atoms with van der Waals surface area (Å²) in [5.74, 6) is 0. The van der Waals surface area contributed by atoms with E-state index in [1.807, 2.05) is 31.2 Å². The Morgan fingerprint density at radius 3 is 2.45 bits per heavy atom. The van der Waals surface area contributed by atoms with E-state index < -0.39 is 11.7 Å². The SMILES string of the molecule is Cc1ccccc1CNc1cc(C(F)(F)F)ccc1Br. The highest BCUT2D eigenvalue weighted by atomic mass is 79.9. The fourth-order valence-corrected chi connectivity index (χ4v) is 2.22. The molecule has 2 aromatic carbocycles. The quantitative estimate of drug-likeness (QED) is 0.787. The highest BCUT2D eigenvalue weighted by Crippen LogP contribution is 2.34. The van der Waals surface area contributed by atoms with Gasteiger partial charge in [0.2, 0.25) is 0 Å². The van der Waals surface area contributed by atoms with Crippen LogP contribution >= 0.6 is 15.9 Å². The zero-order valence-electron chi connectivity index (χ0n) is 10.8. The minimum absolute atomic E-state index is 0.433. The van der Waals surface area contributed by atoms with E-state index in [0.29, 0.717) is 16.7 Å². The summed E-state index contributed by atoms with van der Waals surface area (Å²) in [7, 11) is 0. The van der Waals surface area contributed by atoms with Crippen LogP contribution in [-0.4, -0.2) is 0 Å². The van der Waals surface area contributed by atoms with Gasteiger partial charge in [0.05, 0.1) is 5.56 Å². The molecule has 1 nitrogen and oxygen atoms in total. The molecule has 0 saturated heterocycles. The van der Waals surface area contributed by atoms with Gasteiger partial charge < -0.3 is 5.32 Å². The molecule has 0 aliphatic carbocycles. The van der Waals surface area contributed by atoms with E-state index in [-0.39, 0.29) is 0 Å². The van der Waals surface area contributed by atoms with Crippen molar-refractivity contribution in [2.45, 2.75) is 19.6 Å². The van der Waals surface area contributed by atoms with Crippen molar-refractivity contribution in [2.75, 3.05) is 5.32 Å². The highest BCUT2D eigenvalue weighted by molar-refractivity contribution is 9.10. The fraction of sp³-hybridized carbons (Fsp3) is 0.200. The van der Waals surface area contributed by atoms with Crippen LogP contribution in [0, 0.1) is 6.92 Å². The third kappa shape index (κ3) is 3.54. The summed E-state index contributed by atoms with van der Waals surface area (Å²) in [5, 5.41) is 3.04. The number of aryl methyl sites for hydroxylation is 1. The Bertz CT molecular complexity index is 608. The van der Waals surface area contributed by atoms with Crippen LogP contribution in [0.2, 0.25) is 0 Å². The number of alkyl halides is 3. The van der Waals surface area contributed by atoms with E-state index in [1.165, 1.54) is 6.07 Å². The average Bonchev–Trinajstić information content (AvgIpc) is 2.38. The van der Waals surface area contributed by atoms with E-state index in [4.69, 9.17) is 0 Å². The fourth-order valence-electron chi connectivity index (χ4n) is 1.84. The molecule has 1 N–H and O–H groups in total. The Morgan fingerprint density at radius 2 is 1.80 bits per heavy atom. The van der Waals surface area contributed by atoms with Crippen molar-refractivity contribution in [3.63, 3.8) is 0 Å². The molecule has 0 atom stereocenters. The number of anilines is 1. The van der Waals surface area contributed by atoms with E-state index >= 15 is 0 Å². The third-order valence-corrected chi connectivity index (χ3v) is 3.72. The molecule has 0 fully saturated rings. The Kier molecular flexibility index (Phi) is 4.38. The van der Waals surface area contributed by atoms with Crippen LogP contribution in [0.25, 0.3) is 0 Å². The Labute approximate surface area is 123 Å². The third-order valence-electron chi connectivity index (χ3n) is 3.02. The average molecular weight is 344 g/mol. The number of hydrogen-bond donors (Lipinski definition) is 1. The molecular formula is C15H13BrF3N. The molecule has 0 spiro atoms. The molecule has 5 heteroatoms. The number of nitrogens with one attached hydrogen (secondary N) is 1. The maximum Gasteiger partial charge on any atom is 0.416 e. The summed E-state index contributed by atoms with van der Waals surface area (Å²) in [5.41, 5.74) is 1.93. The zero-order chi connectivity index (χ0) is 14.8. The van der Waals surface area contributed by atoms with Crippen LogP contribution in [0.15, 0.2) is 46.9 Å². The van der Waals surface area contributed by atoms with Crippen molar-refractivity contribution in [2.24, 2.45) is 0 Å². The first kappa shape index (κ1) is 14.9.